The van der Waals surface area contributed by atoms with Gasteiger partial charge in [0.25, 0.3) is 5.91 Å². The summed E-state index contributed by atoms with van der Waals surface area (Å²) in [4.78, 5) is 12.0. The second-order valence-corrected chi connectivity index (χ2v) is 6.10. The van der Waals surface area contributed by atoms with Crippen molar-refractivity contribution in [3.05, 3.63) is 44.9 Å². The van der Waals surface area contributed by atoms with E-state index in [1.807, 2.05) is 6.07 Å². The van der Waals surface area contributed by atoms with Gasteiger partial charge in [0.2, 0.25) is 9.47 Å². The Labute approximate surface area is 119 Å². The van der Waals surface area contributed by atoms with Crippen LogP contribution in [-0.4, -0.2) is 22.1 Å². The average Bonchev–Trinajstić information content (AvgIpc) is 2.85. The van der Waals surface area contributed by atoms with E-state index < -0.39 is 0 Å². The Morgan fingerprint density at radius 2 is 2.11 bits per heavy atom. The Morgan fingerprint density at radius 3 is 2.84 bits per heavy atom. The molecule has 0 spiro atoms. The molecule has 4 nitrogen and oxygen atoms in total. The van der Waals surface area contributed by atoms with Crippen LogP contribution in [0.3, 0.4) is 0 Å². The van der Waals surface area contributed by atoms with Gasteiger partial charge in [-0.2, -0.15) is 0 Å². The molecule has 98 valence electrons. The lowest BCUT2D eigenvalue weighted by atomic mass is 9.88. The topological polar surface area (TPSA) is 54.9 Å². The van der Waals surface area contributed by atoms with Gasteiger partial charge in [0.15, 0.2) is 0 Å². The van der Waals surface area contributed by atoms with Crippen molar-refractivity contribution in [2.45, 2.75) is 25.3 Å². The monoisotopic (exact) mass is 293 g/mol. The molecule has 6 heteroatoms. The van der Waals surface area contributed by atoms with Crippen LogP contribution < -0.4 is 5.32 Å². The fraction of sp³-hybridized carbons (Fsp3) is 0.308. The number of halogens is 1. The normalized spacial score (nSPS) is 17.8. The molecule has 1 aromatic heterocycles. The first-order chi connectivity index (χ1) is 9.22. The summed E-state index contributed by atoms with van der Waals surface area (Å²) in [5.74, 6) is -0.186. The van der Waals surface area contributed by atoms with Gasteiger partial charge in [-0.25, -0.2) is 0 Å². The van der Waals surface area contributed by atoms with E-state index in [0.29, 0.717) is 9.47 Å². The lowest BCUT2D eigenvalue weighted by molar-refractivity contribution is 0.0932. The van der Waals surface area contributed by atoms with Gasteiger partial charge < -0.3 is 5.32 Å². The van der Waals surface area contributed by atoms with Crippen LogP contribution in [0.15, 0.2) is 24.3 Å². The van der Waals surface area contributed by atoms with Crippen LogP contribution in [0, 0.1) is 0 Å². The Balaban J connectivity index is 1.68. The molecule has 1 aliphatic carbocycles. The van der Waals surface area contributed by atoms with Crippen molar-refractivity contribution in [3.63, 3.8) is 0 Å². The standard InChI is InChI=1S/C13H12ClN3OS/c14-13-17-16-12(19-13)11(18)15-10-6-5-8-3-1-2-4-9(8)7-10/h1-4,10H,5-7H2,(H,15,18). The van der Waals surface area contributed by atoms with Gasteiger partial charge in [-0.3, -0.25) is 4.79 Å². The van der Waals surface area contributed by atoms with Crippen molar-refractivity contribution in [2.75, 3.05) is 0 Å². The first-order valence-corrected chi connectivity index (χ1v) is 7.28. The third-order valence-corrected chi connectivity index (χ3v) is 4.29. The number of benzene rings is 1. The number of aryl methyl sites for hydroxylation is 1. The first kappa shape index (κ1) is 12.6. The van der Waals surface area contributed by atoms with Gasteiger partial charge in [-0.15, -0.1) is 10.2 Å². The van der Waals surface area contributed by atoms with E-state index in [2.05, 4.69) is 33.7 Å². The van der Waals surface area contributed by atoms with Crippen molar-refractivity contribution < 1.29 is 4.79 Å². The van der Waals surface area contributed by atoms with Crippen molar-refractivity contribution in [3.8, 4) is 0 Å². The highest BCUT2D eigenvalue weighted by Crippen LogP contribution is 2.22. The van der Waals surface area contributed by atoms with E-state index in [9.17, 15) is 4.79 Å². The zero-order valence-electron chi connectivity index (χ0n) is 10.1. The average molecular weight is 294 g/mol. The van der Waals surface area contributed by atoms with Gasteiger partial charge >= 0.3 is 0 Å². The lowest BCUT2D eigenvalue weighted by Crippen LogP contribution is -2.38. The smallest absolute Gasteiger partial charge is 0.282 e. The Morgan fingerprint density at radius 1 is 1.32 bits per heavy atom. The van der Waals surface area contributed by atoms with Crippen molar-refractivity contribution in [2.24, 2.45) is 0 Å². The number of rotatable bonds is 2. The number of fused-ring (bicyclic) bond motifs is 1. The third kappa shape index (κ3) is 2.77. The maximum Gasteiger partial charge on any atom is 0.282 e. The number of carbonyl (C=O) groups excluding carboxylic acids is 1. The number of nitrogens with zero attached hydrogens (tertiary/aromatic N) is 2. The van der Waals surface area contributed by atoms with E-state index in [-0.39, 0.29) is 11.9 Å². The summed E-state index contributed by atoms with van der Waals surface area (Å²) < 4.78 is 0.291. The van der Waals surface area contributed by atoms with Crippen LogP contribution in [0.25, 0.3) is 0 Å². The van der Waals surface area contributed by atoms with E-state index in [4.69, 9.17) is 11.6 Å². The number of hydrogen-bond acceptors (Lipinski definition) is 4. The fourth-order valence-corrected chi connectivity index (χ4v) is 3.10. The number of amides is 1. The Bertz CT molecular complexity index is 613. The Hall–Kier alpha value is -1.46. The molecule has 0 saturated carbocycles. The molecule has 1 unspecified atom stereocenters. The molecule has 3 rings (SSSR count). The summed E-state index contributed by atoms with van der Waals surface area (Å²) in [7, 11) is 0. The van der Waals surface area contributed by atoms with E-state index >= 15 is 0 Å². The largest absolute Gasteiger partial charge is 0.347 e. The molecule has 1 aromatic carbocycles. The van der Waals surface area contributed by atoms with E-state index in [0.717, 1.165) is 30.6 Å². The quantitative estimate of drug-likeness (QED) is 0.925. The van der Waals surface area contributed by atoms with Crippen LogP contribution in [0.4, 0.5) is 0 Å². The summed E-state index contributed by atoms with van der Waals surface area (Å²) in [5, 5.41) is 10.7. The van der Waals surface area contributed by atoms with Crippen molar-refractivity contribution in [1.29, 1.82) is 0 Å². The van der Waals surface area contributed by atoms with Gasteiger partial charge in [0, 0.05) is 6.04 Å². The minimum absolute atomic E-state index is 0.157. The van der Waals surface area contributed by atoms with E-state index in [1.165, 1.54) is 11.1 Å². The SMILES string of the molecule is O=C(NC1CCc2ccccc2C1)c1nnc(Cl)s1. The summed E-state index contributed by atoms with van der Waals surface area (Å²) in [6, 6.07) is 8.52. The molecule has 19 heavy (non-hydrogen) atoms. The van der Waals surface area contributed by atoms with E-state index in [1.54, 1.807) is 0 Å². The molecular weight excluding hydrogens is 282 g/mol. The first-order valence-electron chi connectivity index (χ1n) is 6.09. The highest BCUT2D eigenvalue weighted by atomic mass is 35.5. The second kappa shape index (κ2) is 5.27. The predicted molar refractivity (Wildman–Crippen MR) is 74.6 cm³/mol. The molecule has 1 atom stereocenters. The molecule has 0 saturated heterocycles. The highest BCUT2D eigenvalue weighted by molar-refractivity contribution is 7.17. The number of carbonyl (C=O) groups is 1. The Kier molecular flexibility index (Phi) is 3.48. The summed E-state index contributed by atoms with van der Waals surface area (Å²) >= 11 is 6.78. The highest BCUT2D eigenvalue weighted by Gasteiger charge is 2.21. The molecular formula is C13H12ClN3OS. The number of hydrogen-bond donors (Lipinski definition) is 1. The molecule has 0 radical (unpaired) electrons. The predicted octanol–water partition coefficient (Wildman–Crippen LogP) is 2.48. The zero-order valence-corrected chi connectivity index (χ0v) is 11.7. The van der Waals surface area contributed by atoms with Gasteiger partial charge in [-0.05, 0) is 42.0 Å². The van der Waals surface area contributed by atoms with Crippen LogP contribution in [0.1, 0.15) is 27.3 Å². The molecule has 1 N–H and O–H groups in total. The van der Waals surface area contributed by atoms with Crippen LogP contribution in [0.5, 0.6) is 0 Å². The molecule has 0 bridgehead atoms. The van der Waals surface area contributed by atoms with Crippen LogP contribution in [-0.2, 0) is 12.8 Å². The van der Waals surface area contributed by atoms with Crippen molar-refractivity contribution in [1.82, 2.24) is 15.5 Å². The molecule has 1 aliphatic rings. The fourth-order valence-electron chi connectivity index (χ4n) is 2.37. The van der Waals surface area contributed by atoms with Gasteiger partial charge in [0.05, 0.1) is 0 Å². The number of aromatic nitrogens is 2. The maximum absolute atomic E-state index is 12.0. The molecule has 0 aliphatic heterocycles. The van der Waals surface area contributed by atoms with Crippen LogP contribution in [0.2, 0.25) is 4.47 Å². The minimum atomic E-state index is -0.186. The minimum Gasteiger partial charge on any atom is -0.347 e. The summed E-state index contributed by atoms with van der Waals surface area (Å²) in [6.45, 7) is 0. The number of nitrogens with one attached hydrogen (secondary N) is 1. The molecule has 1 heterocycles. The van der Waals surface area contributed by atoms with Crippen molar-refractivity contribution >= 4 is 28.8 Å². The van der Waals surface area contributed by atoms with Crippen LogP contribution >= 0.6 is 22.9 Å². The van der Waals surface area contributed by atoms with Gasteiger partial charge in [0.1, 0.15) is 0 Å². The zero-order chi connectivity index (χ0) is 13.2. The molecule has 1 amide bonds. The third-order valence-electron chi connectivity index (χ3n) is 3.28. The lowest BCUT2D eigenvalue weighted by Gasteiger charge is -2.25. The summed E-state index contributed by atoms with van der Waals surface area (Å²) in [5.41, 5.74) is 2.70. The summed E-state index contributed by atoms with van der Waals surface area (Å²) in [6.07, 6.45) is 2.82. The molecule has 2 aromatic rings. The van der Waals surface area contributed by atoms with Gasteiger partial charge in [-0.1, -0.05) is 35.6 Å². The molecule has 0 fully saturated rings. The maximum atomic E-state index is 12.0. The second-order valence-electron chi connectivity index (χ2n) is 4.54.